The molecule has 5 aliphatic heterocycles. The normalized spacial score (nSPS) is 27.1. The van der Waals surface area contributed by atoms with Gasteiger partial charge in [0.2, 0.25) is 17.8 Å². The number of hydrogen-bond donors (Lipinski definition) is 2. The van der Waals surface area contributed by atoms with Gasteiger partial charge in [-0.3, -0.25) is 19.8 Å². The number of fused-ring (bicyclic) bond motifs is 8. The Balaban J connectivity index is 1.41. The minimum atomic E-state index is -0.736. The first-order valence-electron chi connectivity index (χ1n) is 17.5. The van der Waals surface area contributed by atoms with E-state index in [-0.39, 0.29) is 42.6 Å². The molecule has 0 radical (unpaired) electrons. The number of para-hydroxylation sites is 1. The van der Waals surface area contributed by atoms with Gasteiger partial charge in [-0.2, -0.15) is 0 Å². The number of aryl methyl sites for hydroxylation is 1. The van der Waals surface area contributed by atoms with Crippen LogP contribution < -0.4 is 20.1 Å². The van der Waals surface area contributed by atoms with Crippen molar-refractivity contribution >= 4 is 23.9 Å². The molecule has 10 nitrogen and oxygen atoms in total. The lowest BCUT2D eigenvalue weighted by molar-refractivity contribution is -0.133. The molecule has 0 fully saturated rings. The largest absolute Gasteiger partial charge is 0.493 e. The Morgan fingerprint density at radius 3 is 2.65 bits per heavy atom. The molecular weight excluding hydrogens is 608 g/mol. The lowest BCUT2D eigenvalue weighted by atomic mass is 9.82. The fourth-order valence-corrected chi connectivity index (χ4v) is 7.64. The van der Waals surface area contributed by atoms with E-state index in [1.54, 1.807) is 25.7 Å². The van der Waals surface area contributed by atoms with Crippen molar-refractivity contribution in [3.63, 3.8) is 0 Å². The van der Waals surface area contributed by atoms with Crippen molar-refractivity contribution < 1.29 is 28.6 Å². The maximum absolute atomic E-state index is 14.5. The van der Waals surface area contributed by atoms with E-state index in [1.807, 2.05) is 30.3 Å². The molecule has 48 heavy (non-hydrogen) atoms. The van der Waals surface area contributed by atoms with Crippen LogP contribution in [-0.4, -0.2) is 52.1 Å². The molecule has 2 aromatic carbocycles. The molecule has 10 heteroatoms. The van der Waals surface area contributed by atoms with Crippen LogP contribution in [0, 0.1) is 5.92 Å². The van der Waals surface area contributed by atoms with Crippen molar-refractivity contribution in [2.45, 2.75) is 128 Å². The van der Waals surface area contributed by atoms with Crippen LogP contribution in [0.4, 0.5) is 4.79 Å². The standard InChI is InChI=1S/C38H50N4O6/c1-7-38-19-11-10-12-24-15-17-30-27(20-24)28(21-37(5,6)47-30)39-31(43)18-16-25-23-46-29-14-9-8-13-26(29)33(25)42(32(44)22-38)34(41-38)40-35(45)48-36(2,3)4/h8-9,13-15,17,20,25,28,33H,7,10-12,16,18-19,21-23H2,1-6H3,(H,39,43)(H,40,41,45)/t25-,28+,33+,38-/m1/s1. The highest BCUT2D eigenvalue weighted by atomic mass is 16.6. The van der Waals surface area contributed by atoms with Gasteiger partial charge in [-0.15, -0.1) is 0 Å². The summed E-state index contributed by atoms with van der Waals surface area (Å²) in [6.45, 7) is 11.9. The van der Waals surface area contributed by atoms with Crippen LogP contribution in [0.2, 0.25) is 0 Å². The molecule has 2 aromatic rings. The molecule has 7 rings (SSSR count). The molecule has 0 saturated heterocycles. The zero-order valence-electron chi connectivity index (χ0n) is 29.2. The van der Waals surface area contributed by atoms with Crippen molar-refractivity contribution in [2.24, 2.45) is 10.9 Å². The number of amides is 3. The number of carbonyl (C=O) groups is 3. The topological polar surface area (TPSA) is 119 Å². The first kappa shape index (κ1) is 33.8. The van der Waals surface area contributed by atoms with Gasteiger partial charge in [-0.1, -0.05) is 43.7 Å². The second-order valence-electron chi connectivity index (χ2n) is 15.4. The number of benzene rings is 2. The molecule has 258 valence electrons. The summed E-state index contributed by atoms with van der Waals surface area (Å²) in [5, 5.41) is 6.20. The van der Waals surface area contributed by atoms with Gasteiger partial charge in [0.05, 0.1) is 30.7 Å². The second kappa shape index (κ2) is 13.1. The first-order valence-corrected chi connectivity index (χ1v) is 17.5. The van der Waals surface area contributed by atoms with Gasteiger partial charge in [0, 0.05) is 29.9 Å². The van der Waals surface area contributed by atoms with Crippen molar-refractivity contribution in [3.8, 4) is 11.5 Å². The molecule has 5 heterocycles. The van der Waals surface area contributed by atoms with Crippen LogP contribution in [-0.2, 0) is 20.7 Å². The zero-order chi connectivity index (χ0) is 34.3. The quantitative estimate of drug-likeness (QED) is 0.343. The second-order valence-corrected chi connectivity index (χ2v) is 15.4. The zero-order valence-corrected chi connectivity index (χ0v) is 29.2. The van der Waals surface area contributed by atoms with Crippen LogP contribution in [0.1, 0.15) is 122 Å². The molecule has 0 aliphatic carbocycles. The van der Waals surface area contributed by atoms with Crippen molar-refractivity contribution in [1.29, 1.82) is 0 Å². The molecule has 4 atom stereocenters. The van der Waals surface area contributed by atoms with Gasteiger partial charge in [0.15, 0.2) is 0 Å². The third kappa shape index (κ3) is 7.32. The summed E-state index contributed by atoms with van der Waals surface area (Å²) in [7, 11) is 0. The van der Waals surface area contributed by atoms with E-state index in [4.69, 9.17) is 19.2 Å². The van der Waals surface area contributed by atoms with E-state index in [1.165, 1.54) is 5.56 Å². The van der Waals surface area contributed by atoms with E-state index in [0.29, 0.717) is 38.0 Å². The van der Waals surface area contributed by atoms with Gasteiger partial charge in [0.1, 0.15) is 22.7 Å². The van der Waals surface area contributed by atoms with Gasteiger partial charge >= 0.3 is 6.09 Å². The molecule has 0 aromatic heterocycles. The van der Waals surface area contributed by atoms with Crippen molar-refractivity contribution in [2.75, 3.05) is 6.61 Å². The Bertz CT molecular complexity index is 1600. The highest BCUT2D eigenvalue weighted by Gasteiger charge is 2.47. The fraction of sp³-hybridized carbons (Fsp3) is 0.579. The summed E-state index contributed by atoms with van der Waals surface area (Å²) in [6.07, 6.45) is 4.89. The minimum absolute atomic E-state index is 0.0662. The monoisotopic (exact) mass is 658 g/mol. The number of hydrogen-bond acceptors (Lipinski definition) is 7. The Kier molecular flexibility index (Phi) is 9.22. The van der Waals surface area contributed by atoms with Crippen LogP contribution in [0.25, 0.3) is 0 Å². The van der Waals surface area contributed by atoms with Gasteiger partial charge in [0.25, 0.3) is 0 Å². The first-order chi connectivity index (χ1) is 22.7. The van der Waals surface area contributed by atoms with Crippen LogP contribution in [0.3, 0.4) is 0 Å². The van der Waals surface area contributed by atoms with Crippen molar-refractivity contribution in [1.82, 2.24) is 15.5 Å². The number of guanidine groups is 1. The Labute approximate surface area is 284 Å². The maximum Gasteiger partial charge on any atom is 0.414 e. The van der Waals surface area contributed by atoms with Crippen LogP contribution in [0.5, 0.6) is 11.5 Å². The molecule has 2 N–H and O–H groups in total. The number of alkyl carbamates (subject to hydrolysis) is 1. The summed E-state index contributed by atoms with van der Waals surface area (Å²) < 4.78 is 18.2. The smallest absolute Gasteiger partial charge is 0.414 e. The molecular formula is C38H50N4O6. The molecule has 0 unspecified atom stereocenters. The average Bonchev–Trinajstić information content (AvgIpc) is 3.00. The molecule has 4 bridgehead atoms. The summed E-state index contributed by atoms with van der Waals surface area (Å²) in [6, 6.07) is 13.3. The number of nitrogens with one attached hydrogen (secondary N) is 2. The van der Waals surface area contributed by atoms with Gasteiger partial charge < -0.3 is 19.5 Å². The average molecular weight is 659 g/mol. The highest BCUT2D eigenvalue weighted by Crippen LogP contribution is 2.45. The van der Waals surface area contributed by atoms with Crippen LogP contribution >= 0.6 is 0 Å². The maximum atomic E-state index is 14.5. The van der Waals surface area contributed by atoms with E-state index in [0.717, 1.165) is 36.1 Å². The SMILES string of the molecule is CC[C@@]12CCCCc3ccc4c(c3)[C@H](CC(C)(C)O4)NC(=O)CC[C@@H]3COc4ccccc4[C@H]3N(C(=O)C1)C(NC(=O)OC(C)(C)C)=N2. The lowest BCUT2D eigenvalue weighted by Gasteiger charge is -2.45. The van der Waals surface area contributed by atoms with Crippen LogP contribution in [0.15, 0.2) is 47.5 Å². The Morgan fingerprint density at radius 1 is 1.08 bits per heavy atom. The number of ether oxygens (including phenoxy) is 3. The van der Waals surface area contributed by atoms with E-state index in [9.17, 15) is 14.4 Å². The summed E-state index contributed by atoms with van der Waals surface area (Å²) in [4.78, 5) is 48.3. The van der Waals surface area contributed by atoms with E-state index >= 15 is 0 Å². The molecule has 0 saturated carbocycles. The predicted octanol–water partition coefficient (Wildman–Crippen LogP) is 6.92. The number of carbonyl (C=O) groups excluding carboxylic acids is 3. The third-order valence-corrected chi connectivity index (χ3v) is 9.97. The number of rotatable bonds is 1. The van der Waals surface area contributed by atoms with Crippen molar-refractivity contribution in [3.05, 3.63) is 59.2 Å². The summed E-state index contributed by atoms with van der Waals surface area (Å²) in [5.41, 5.74) is 1.22. The number of nitrogens with zero attached hydrogens (tertiary/aromatic N) is 2. The predicted molar refractivity (Wildman–Crippen MR) is 183 cm³/mol. The highest BCUT2D eigenvalue weighted by molar-refractivity contribution is 6.05. The molecule has 5 aliphatic rings. The summed E-state index contributed by atoms with van der Waals surface area (Å²) >= 11 is 0. The summed E-state index contributed by atoms with van der Waals surface area (Å²) in [5.74, 6) is 1.28. The van der Waals surface area contributed by atoms with Gasteiger partial charge in [-0.25, -0.2) is 9.79 Å². The van der Waals surface area contributed by atoms with E-state index < -0.39 is 28.9 Å². The third-order valence-electron chi connectivity index (χ3n) is 9.97. The fourth-order valence-electron chi connectivity index (χ4n) is 7.64. The minimum Gasteiger partial charge on any atom is -0.493 e. The molecule has 0 spiro atoms. The Hall–Kier alpha value is -4.08. The molecule has 3 amide bonds. The van der Waals surface area contributed by atoms with E-state index in [2.05, 4.69) is 43.5 Å². The lowest BCUT2D eigenvalue weighted by Crippen LogP contribution is -2.58. The number of aliphatic imine (C=N–C) groups is 1. The Morgan fingerprint density at radius 2 is 1.88 bits per heavy atom. The van der Waals surface area contributed by atoms with Gasteiger partial charge in [-0.05, 0) is 84.4 Å².